The average molecular weight is 286 g/mol. The zero-order valence-corrected chi connectivity index (χ0v) is 12.9. The summed E-state index contributed by atoms with van der Waals surface area (Å²) in [4.78, 5) is 3.86. The lowest BCUT2D eigenvalue weighted by molar-refractivity contribution is 0.338. The fraction of sp³-hybridized carbons (Fsp3) is 0.389. The topological polar surface area (TPSA) is 24.9 Å². The maximum Gasteiger partial charge on any atom is 0.146 e. The van der Waals surface area contributed by atoms with Crippen molar-refractivity contribution >= 4 is 0 Å². The summed E-state index contributed by atoms with van der Waals surface area (Å²) in [6.07, 6.45) is 3.95. The normalized spacial score (nSPS) is 13.1. The molecule has 0 amide bonds. The van der Waals surface area contributed by atoms with Crippen molar-refractivity contribution in [1.29, 1.82) is 0 Å². The lowest BCUT2D eigenvalue weighted by Gasteiger charge is -2.36. The molecule has 112 valence electrons. The van der Waals surface area contributed by atoms with Crippen LogP contribution in [0.25, 0.3) is 0 Å². The molecule has 1 unspecified atom stereocenters. The van der Waals surface area contributed by atoms with E-state index in [4.69, 9.17) is 0 Å². The number of pyridine rings is 1. The van der Waals surface area contributed by atoms with Crippen LogP contribution < -0.4 is 5.32 Å². The van der Waals surface area contributed by atoms with Crippen LogP contribution in [0, 0.1) is 5.82 Å². The minimum Gasteiger partial charge on any atom is -0.309 e. The Labute approximate surface area is 126 Å². The Morgan fingerprint density at radius 2 is 1.90 bits per heavy atom. The monoisotopic (exact) mass is 286 g/mol. The summed E-state index contributed by atoms with van der Waals surface area (Å²) in [5.41, 5.74) is 1.64. The summed E-state index contributed by atoms with van der Waals surface area (Å²) < 4.78 is 14.2. The van der Waals surface area contributed by atoms with E-state index in [0.29, 0.717) is 5.56 Å². The van der Waals surface area contributed by atoms with E-state index < -0.39 is 0 Å². The largest absolute Gasteiger partial charge is 0.309 e. The van der Waals surface area contributed by atoms with Gasteiger partial charge in [-0.2, -0.15) is 0 Å². The molecule has 0 aliphatic rings. The first kappa shape index (κ1) is 15.6. The molecule has 3 heteroatoms. The molecule has 1 atom stereocenters. The molecule has 0 bridgehead atoms. The van der Waals surface area contributed by atoms with Crippen LogP contribution in [-0.2, 0) is 5.41 Å². The zero-order valence-electron chi connectivity index (χ0n) is 12.9. The number of hydrogen-bond donors (Lipinski definition) is 1. The minimum absolute atomic E-state index is 0.0946. The predicted molar refractivity (Wildman–Crippen MR) is 84.7 cm³/mol. The molecule has 1 aromatic heterocycles. The summed E-state index contributed by atoms with van der Waals surface area (Å²) in [6, 6.07) is 11.9. The highest BCUT2D eigenvalue weighted by Crippen LogP contribution is 2.37. The van der Waals surface area contributed by atoms with Crippen LogP contribution in [0.3, 0.4) is 0 Å². The summed E-state index contributed by atoms with van der Waals surface area (Å²) in [5.74, 6) is -0.255. The van der Waals surface area contributed by atoms with Crippen molar-refractivity contribution in [2.75, 3.05) is 6.54 Å². The highest BCUT2D eigenvalue weighted by molar-refractivity contribution is 5.31. The summed E-state index contributed by atoms with van der Waals surface area (Å²) in [7, 11) is 0. The highest BCUT2D eigenvalue weighted by atomic mass is 19.1. The van der Waals surface area contributed by atoms with Gasteiger partial charge >= 0.3 is 0 Å². The van der Waals surface area contributed by atoms with E-state index >= 15 is 0 Å². The van der Waals surface area contributed by atoms with E-state index in [1.165, 1.54) is 11.8 Å². The molecule has 0 spiro atoms. The zero-order chi connectivity index (χ0) is 15.3. The maximum absolute atomic E-state index is 14.2. The first-order valence-corrected chi connectivity index (χ1v) is 7.45. The van der Waals surface area contributed by atoms with Crippen LogP contribution >= 0.6 is 0 Å². The molecule has 0 saturated heterocycles. The van der Waals surface area contributed by atoms with E-state index in [9.17, 15) is 4.39 Å². The van der Waals surface area contributed by atoms with Gasteiger partial charge in [0.2, 0.25) is 0 Å². The second-order valence-electron chi connectivity index (χ2n) is 5.87. The summed E-state index contributed by atoms with van der Waals surface area (Å²) in [6.45, 7) is 7.26. The van der Waals surface area contributed by atoms with E-state index in [1.807, 2.05) is 18.2 Å². The van der Waals surface area contributed by atoms with E-state index in [0.717, 1.165) is 13.0 Å². The third-order valence-corrected chi connectivity index (χ3v) is 3.95. The SMILES string of the molecule is CCCNC(c1ccncc1F)C(C)(C)c1ccccc1. The van der Waals surface area contributed by atoms with Crippen molar-refractivity contribution in [3.8, 4) is 0 Å². The number of halogens is 1. The van der Waals surface area contributed by atoms with Crippen molar-refractivity contribution in [3.05, 3.63) is 65.7 Å². The molecule has 0 fully saturated rings. The molecule has 1 aromatic carbocycles. The molecule has 2 nitrogen and oxygen atoms in total. The van der Waals surface area contributed by atoms with Crippen LogP contribution in [0.1, 0.15) is 44.4 Å². The van der Waals surface area contributed by atoms with Gasteiger partial charge in [0.05, 0.1) is 6.20 Å². The number of benzene rings is 1. The van der Waals surface area contributed by atoms with Gasteiger partial charge < -0.3 is 5.32 Å². The molecular weight excluding hydrogens is 263 g/mol. The Hall–Kier alpha value is -1.74. The second kappa shape index (κ2) is 6.81. The van der Waals surface area contributed by atoms with E-state index in [2.05, 4.69) is 43.2 Å². The molecule has 0 radical (unpaired) electrons. The minimum atomic E-state index is -0.255. The van der Waals surface area contributed by atoms with E-state index in [1.54, 1.807) is 12.3 Å². The molecule has 2 aromatic rings. The second-order valence-corrected chi connectivity index (χ2v) is 5.87. The first-order valence-electron chi connectivity index (χ1n) is 7.45. The molecule has 1 N–H and O–H groups in total. The average Bonchev–Trinajstić information content (AvgIpc) is 2.50. The molecule has 0 aliphatic carbocycles. The molecule has 21 heavy (non-hydrogen) atoms. The van der Waals surface area contributed by atoms with Gasteiger partial charge in [0.15, 0.2) is 0 Å². The van der Waals surface area contributed by atoms with Gasteiger partial charge in [-0.15, -0.1) is 0 Å². The maximum atomic E-state index is 14.2. The predicted octanol–water partition coefficient (Wildman–Crippen LogP) is 4.24. The fourth-order valence-corrected chi connectivity index (χ4v) is 2.70. The van der Waals surface area contributed by atoms with Gasteiger partial charge in [-0.1, -0.05) is 51.1 Å². The third kappa shape index (κ3) is 3.48. The van der Waals surface area contributed by atoms with Crippen molar-refractivity contribution in [2.24, 2.45) is 0 Å². The quantitative estimate of drug-likeness (QED) is 0.859. The molecular formula is C18H23FN2. The Bertz CT molecular complexity index is 566. The van der Waals surface area contributed by atoms with Crippen molar-refractivity contribution in [3.63, 3.8) is 0 Å². The van der Waals surface area contributed by atoms with Crippen molar-refractivity contribution in [1.82, 2.24) is 10.3 Å². The van der Waals surface area contributed by atoms with Gasteiger partial charge in [0, 0.05) is 23.2 Å². The van der Waals surface area contributed by atoms with Crippen molar-refractivity contribution < 1.29 is 4.39 Å². The summed E-state index contributed by atoms with van der Waals surface area (Å²) in [5, 5.41) is 3.50. The number of rotatable bonds is 6. The van der Waals surface area contributed by atoms with Gasteiger partial charge in [0.1, 0.15) is 5.82 Å². The van der Waals surface area contributed by atoms with Gasteiger partial charge in [-0.3, -0.25) is 4.98 Å². The molecule has 1 heterocycles. The Kier molecular flexibility index (Phi) is 5.07. The fourth-order valence-electron chi connectivity index (χ4n) is 2.70. The Morgan fingerprint density at radius 3 is 2.52 bits per heavy atom. The van der Waals surface area contributed by atoms with Gasteiger partial charge in [-0.05, 0) is 24.6 Å². The summed E-state index contributed by atoms with van der Waals surface area (Å²) >= 11 is 0. The van der Waals surface area contributed by atoms with Crippen LogP contribution in [0.5, 0.6) is 0 Å². The third-order valence-electron chi connectivity index (χ3n) is 3.95. The number of nitrogens with zero attached hydrogens (tertiary/aromatic N) is 1. The van der Waals surface area contributed by atoms with Crippen molar-refractivity contribution in [2.45, 2.75) is 38.6 Å². The first-order chi connectivity index (χ1) is 10.1. The van der Waals surface area contributed by atoms with Gasteiger partial charge in [-0.25, -0.2) is 4.39 Å². The van der Waals surface area contributed by atoms with Gasteiger partial charge in [0.25, 0.3) is 0 Å². The molecule has 0 saturated carbocycles. The smallest absolute Gasteiger partial charge is 0.146 e. The van der Waals surface area contributed by atoms with Crippen LogP contribution in [0.2, 0.25) is 0 Å². The van der Waals surface area contributed by atoms with Crippen LogP contribution in [0.15, 0.2) is 48.8 Å². The number of nitrogens with one attached hydrogen (secondary N) is 1. The number of aromatic nitrogens is 1. The molecule has 2 rings (SSSR count). The van der Waals surface area contributed by atoms with Crippen LogP contribution in [0.4, 0.5) is 4.39 Å². The molecule has 0 aliphatic heterocycles. The highest BCUT2D eigenvalue weighted by Gasteiger charge is 2.33. The lowest BCUT2D eigenvalue weighted by atomic mass is 9.75. The van der Waals surface area contributed by atoms with Crippen LogP contribution in [-0.4, -0.2) is 11.5 Å². The van der Waals surface area contributed by atoms with E-state index in [-0.39, 0.29) is 17.3 Å². The lowest BCUT2D eigenvalue weighted by Crippen LogP contribution is -2.38. The standard InChI is InChI=1S/C18H23FN2/c1-4-11-21-17(15-10-12-20-13-16(15)19)18(2,3)14-8-6-5-7-9-14/h5-10,12-13,17,21H,4,11H2,1-3H3. The number of hydrogen-bond acceptors (Lipinski definition) is 2. The Morgan fingerprint density at radius 1 is 1.19 bits per heavy atom. The Balaban J connectivity index is 2.42.